The van der Waals surface area contributed by atoms with Gasteiger partial charge in [0.15, 0.2) is 11.6 Å². The van der Waals surface area contributed by atoms with Crippen LogP contribution in [0.3, 0.4) is 0 Å². The summed E-state index contributed by atoms with van der Waals surface area (Å²) in [6, 6.07) is 2.67. The largest absolute Gasteiger partial charge is 0.433 e. The smallest absolute Gasteiger partial charge is 0.395 e. The summed E-state index contributed by atoms with van der Waals surface area (Å²) in [5.41, 5.74) is 5.65. The molecule has 8 heteroatoms. The highest BCUT2D eigenvalue weighted by Crippen LogP contribution is 2.35. The first kappa shape index (κ1) is 11.8. The van der Waals surface area contributed by atoms with Gasteiger partial charge in [-0.15, -0.1) is 0 Å². The average Bonchev–Trinajstić information content (AvgIpc) is 3.08. The predicted octanol–water partition coefficient (Wildman–Crippen LogP) is 1.97. The maximum Gasteiger partial charge on any atom is 0.433 e. The van der Waals surface area contributed by atoms with Crippen LogP contribution in [0.2, 0.25) is 0 Å². The Labute approximate surface area is 107 Å². The van der Waals surface area contributed by atoms with Gasteiger partial charge in [-0.05, 0) is 18.9 Å². The van der Waals surface area contributed by atoms with Gasteiger partial charge in [0.05, 0.1) is 11.6 Å². The van der Waals surface area contributed by atoms with Gasteiger partial charge in [-0.25, -0.2) is 0 Å². The number of aromatic nitrogens is 2. The molecule has 3 rings (SSSR count). The zero-order chi connectivity index (χ0) is 13.5. The minimum absolute atomic E-state index is 0.111. The zero-order valence-corrected chi connectivity index (χ0v) is 10.0. The van der Waals surface area contributed by atoms with E-state index < -0.39 is 10.5 Å². The van der Waals surface area contributed by atoms with Gasteiger partial charge in [0, 0.05) is 0 Å². The molecule has 1 aliphatic rings. The van der Waals surface area contributed by atoms with Crippen LogP contribution in [-0.2, 0) is 5.54 Å². The van der Waals surface area contributed by atoms with Gasteiger partial charge < -0.3 is 14.7 Å². The lowest BCUT2D eigenvalue weighted by Gasteiger charge is -2.17. The van der Waals surface area contributed by atoms with Crippen LogP contribution in [-0.4, -0.2) is 15.1 Å². The number of rotatable bonds is 3. The van der Waals surface area contributed by atoms with E-state index >= 15 is 0 Å². The fourth-order valence-electron chi connectivity index (χ4n) is 2.30. The first-order valence-electron chi connectivity index (χ1n) is 5.96. The Bertz CT molecular complexity index is 612. The van der Waals surface area contributed by atoms with Crippen molar-refractivity contribution in [2.45, 2.75) is 31.2 Å². The topological polar surface area (TPSA) is 121 Å². The van der Waals surface area contributed by atoms with Crippen LogP contribution < -0.4 is 5.73 Å². The van der Waals surface area contributed by atoms with Gasteiger partial charge in [0.1, 0.15) is 4.92 Å². The Morgan fingerprint density at radius 3 is 2.74 bits per heavy atom. The van der Waals surface area contributed by atoms with Gasteiger partial charge in [-0.1, -0.05) is 18.0 Å². The summed E-state index contributed by atoms with van der Waals surface area (Å²) >= 11 is 0. The highest BCUT2D eigenvalue weighted by molar-refractivity contribution is 5.46. The maximum absolute atomic E-state index is 10.5. The summed E-state index contributed by atoms with van der Waals surface area (Å²) in [5, 5.41) is 14.4. The van der Waals surface area contributed by atoms with E-state index in [4.69, 9.17) is 14.7 Å². The molecule has 8 nitrogen and oxygen atoms in total. The Hall–Kier alpha value is -2.22. The van der Waals surface area contributed by atoms with Crippen molar-refractivity contribution in [3.8, 4) is 11.7 Å². The molecule has 1 aliphatic carbocycles. The summed E-state index contributed by atoms with van der Waals surface area (Å²) in [6.45, 7) is 0. The highest BCUT2D eigenvalue weighted by atomic mass is 16.6. The van der Waals surface area contributed by atoms with Crippen LogP contribution in [0.25, 0.3) is 11.7 Å². The van der Waals surface area contributed by atoms with E-state index in [0.717, 1.165) is 25.7 Å². The molecule has 2 aromatic heterocycles. The predicted molar refractivity (Wildman–Crippen MR) is 63.0 cm³/mol. The summed E-state index contributed by atoms with van der Waals surface area (Å²) in [7, 11) is 0. The van der Waals surface area contributed by atoms with E-state index in [0.29, 0.717) is 5.82 Å². The highest BCUT2D eigenvalue weighted by Gasteiger charge is 2.36. The van der Waals surface area contributed by atoms with E-state index in [1.54, 1.807) is 0 Å². The van der Waals surface area contributed by atoms with E-state index in [-0.39, 0.29) is 17.5 Å². The summed E-state index contributed by atoms with van der Waals surface area (Å²) in [5.74, 6) is 0.351. The number of furan rings is 1. The summed E-state index contributed by atoms with van der Waals surface area (Å²) < 4.78 is 10.1. The van der Waals surface area contributed by atoms with Crippen molar-refractivity contribution in [1.82, 2.24) is 10.1 Å². The molecule has 19 heavy (non-hydrogen) atoms. The second kappa shape index (κ2) is 4.16. The van der Waals surface area contributed by atoms with Crippen LogP contribution in [0, 0.1) is 10.1 Å². The third-order valence-corrected chi connectivity index (χ3v) is 3.35. The Morgan fingerprint density at radius 1 is 1.37 bits per heavy atom. The van der Waals surface area contributed by atoms with E-state index in [9.17, 15) is 10.1 Å². The lowest BCUT2D eigenvalue weighted by atomic mass is 9.99. The van der Waals surface area contributed by atoms with Crippen molar-refractivity contribution in [2.24, 2.45) is 5.73 Å². The third-order valence-electron chi connectivity index (χ3n) is 3.35. The molecule has 0 radical (unpaired) electrons. The van der Waals surface area contributed by atoms with Crippen LogP contribution >= 0.6 is 0 Å². The molecule has 0 aliphatic heterocycles. The number of hydrogen-bond acceptors (Lipinski definition) is 7. The molecular formula is C11H12N4O4. The maximum atomic E-state index is 10.5. The quantitative estimate of drug-likeness (QED) is 0.664. The van der Waals surface area contributed by atoms with Gasteiger partial charge in [0.2, 0.25) is 0 Å². The molecule has 100 valence electrons. The molecule has 0 saturated heterocycles. The second-order valence-electron chi connectivity index (χ2n) is 4.68. The first-order valence-corrected chi connectivity index (χ1v) is 5.96. The zero-order valence-electron chi connectivity index (χ0n) is 10.0. The Morgan fingerprint density at radius 2 is 2.11 bits per heavy atom. The molecule has 0 unspecified atom stereocenters. The van der Waals surface area contributed by atoms with Gasteiger partial charge in [-0.2, -0.15) is 4.98 Å². The van der Waals surface area contributed by atoms with Crippen molar-refractivity contribution < 1.29 is 13.9 Å². The molecule has 0 bridgehead atoms. The minimum Gasteiger partial charge on any atom is -0.395 e. The lowest BCUT2D eigenvalue weighted by molar-refractivity contribution is -0.401. The number of hydrogen-bond donors (Lipinski definition) is 1. The van der Waals surface area contributed by atoms with Gasteiger partial charge in [-0.3, -0.25) is 10.1 Å². The third kappa shape index (κ3) is 1.99. The van der Waals surface area contributed by atoms with Crippen molar-refractivity contribution >= 4 is 5.88 Å². The molecule has 0 amide bonds. The molecule has 0 aromatic carbocycles. The fraction of sp³-hybridized carbons (Fsp3) is 0.455. The molecule has 2 N–H and O–H groups in total. The standard InChI is InChI=1S/C11H12N4O4/c12-11(5-1-2-6-11)10-13-9(19-14-10)7-3-4-8(18-7)15(16)17/h3-4H,1-2,5-6,12H2. The van der Waals surface area contributed by atoms with E-state index in [2.05, 4.69) is 10.1 Å². The van der Waals surface area contributed by atoms with Gasteiger partial charge >= 0.3 is 5.88 Å². The second-order valence-corrected chi connectivity index (χ2v) is 4.68. The average molecular weight is 264 g/mol. The Balaban J connectivity index is 1.90. The van der Waals surface area contributed by atoms with E-state index in [1.165, 1.54) is 12.1 Å². The van der Waals surface area contributed by atoms with Crippen molar-refractivity contribution in [3.05, 3.63) is 28.1 Å². The Kier molecular flexibility index (Phi) is 2.59. The molecule has 2 aromatic rings. The van der Waals surface area contributed by atoms with Crippen LogP contribution in [0.1, 0.15) is 31.5 Å². The van der Waals surface area contributed by atoms with Crippen molar-refractivity contribution in [3.63, 3.8) is 0 Å². The van der Waals surface area contributed by atoms with Crippen LogP contribution in [0.15, 0.2) is 21.1 Å². The number of nitrogens with two attached hydrogens (primary N) is 1. The number of nitrogens with zero attached hydrogens (tertiary/aromatic N) is 3. The summed E-state index contributed by atoms with van der Waals surface area (Å²) in [4.78, 5) is 14.1. The molecular weight excluding hydrogens is 252 g/mol. The summed E-state index contributed by atoms with van der Waals surface area (Å²) in [6.07, 6.45) is 3.69. The monoisotopic (exact) mass is 264 g/mol. The van der Waals surface area contributed by atoms with Gasteiger partial charge in [0.25, 0.3) is 5.89 Å². The molecule has 0 atom stereocenters. The number of nitro groups is 1. The SMILES string of the molecule is NC1(c2noc(-c3ccc([N+](=O)[O-])o3)n2)CCCC1. The first-order chi connectivity index (χ1) is 9.08. The van der Waals surface area contributed by atoms with Crippen LogP contribution in [0.4, 0.5) is 5.88 Å². The molecule has 0 spiro atoms. The minimum atomic E-state index is -0.623. The lowest BCUT2D eigenvalue weighted by Crippen LogP contribution is -2.34. The fourth-order valence-corrected chi connectivity index (χ4v) is 2.30. The van der Waals surface area contributed by atoms with Crippen molar-refractivity contribution in [1.29, 1.82) is 0 Å². The molecule has 2 heterocycles. The normalized spacial score (nSPS) is 17.7. The molecule has 1 saturated carbocycles. The molecule has 1 fully saturated rings. The van der Waals surface area contributed by atoms with Crippen LogP contribution in [0.5, 0.6) is 0 Å². The van der Waals surface area contributed by atoms with Crippen molar-refractivity contribution in [2.75, 3.05) is 0 Å². The van der Waals surface area contributed by atoms with E-state index in [1.807, 2.05) is 0 Å².